The summed E-state index contributed by atoms with van der Waals surface area (Å²) < 4.78 is 52.4. The average molecular weight is 492 g/mol. The van der Waals surface area contributed by atoms with E-state index in [1.807, 2.05) is 31.2 Å². The Labute approximate surface area is 199 Å². The molecule has 0 aromatic heterocycles. The first-order valence-electron chi connectivity index (χ1n) is 11.4. The van der Waals surface area contributed by atoms with Crippen LogP contribution in [-0.2, 0) is 19.5 Å². The number of carbonyl (C=O) groups excluding carboxylic acids is 1. The van der Waals surface area contributed by atoms with Gasteiger partial charge in [0.2, 0.25) is 10.0 Å². The lowest BCUT2D eigenvalue weighted by Crippen LogP contribution is -2.43. The normalized spacial score (nSPS) is 19.0. The van der Waals surface area contributed by atoms with E-state index < -0.39 is 26.6 Å². The first kappa shape index (κ1) is 24.7. The molecular formula is C24H30FN3O5S. The Morgan fingerprint density at radius 2 is 1.62 bits per heavy atom. The topological polar surface area (TPSA) is 88.2 Å². The van der Waals surface area contributed by atoms with Crippen LogP contribution in [0.2, 0.25) is 0 Å². The fourth-order valence-electron chi connectivity index (χ4n) is 4.08. The van der Waals surface area contributed by atoms with E-state index in [0.717, 1.165) is 36.3 Å². The van der Waals surface area contributed by atoms with Crippen molar-refractivity contribution in [3.8, 4) is 0 Å². The van der Waals surface area contributed by atoms with Crippen molar-refractivity contribution in [3.05, 3.63) is 65.0 Å². The van der Waals surface area contributed by atoms with Crippen molar-refractivity contribution in [2.75, 3.05) is 59.2 Å². The van der Waals surface area contributed by atoms with Crippen LogP contribution in [0.1, 0.15) is 27.5 Å². The van der Waals surface area contributed by atoms with Gasteiger partial charge in [-0.3, -0.25) is 9.69 Å². The molecule has 2 aromatic carbocycles. The number of hydrogen-bond acceptors (Lipinski definition) is 6. The van der Waals surface area contributed by atoms with Crippen LogP contribution in [0.5, 0.6) is 0 Å². The molecule has 4 rings (SSSR count). The number of hydrogen-bond donors (Lipinski definition) is 1. The molecule has 34 heavy (non-hydrogen) atoms. The van der Waals surface area contributed by atoms with E-state index in [-0.39, 0.29) is 37.9 Å². The van der Waals surface area contributed by atoms with Gasteiger partial charge in [0.25, 0.3) is 5.91 Å². The lowest BCUT2D eigenvalue weighted by Gasteiger charge is -2.31. The van der Waals surface area contributed by atoms with Crippen molar-refractivity contribution in [1.82, 2.24) is 14.5 Å². The molecule has 2 aromatic rings. The molecule has 0 aliphatic carbocycles. The highest BCUT2D eigenvalue weighted by molar-refractivity contribution is 7.89. The average Bonchev–Trinajstić information content (AvgIpc) is 2.85. The zero-order chi connectivity index (χ0) is 24.1. The lowest BCUT2D eigenvalue weighted by atomic mass is 10.0. The third kappa shape index (κ3) is 5.81. The van der Waals surface area contributed by atoms with Gasteiger partial charge in [-0.05, 0) is 30.7 Å². The van der Waals surface area contributed by atoms with Gasteiger partial charge in [0.1, 0.15) is 10.7 Å². The van der Waals surface area contributed by atoms with Crippen LogP contribution in [0.4, 0.5) is 4.39 Å². The second-order valence-electron chi connectivity index (χ2n) is 8.51. The van der Waals surface area contributed by atoms with E-state index in [9.17, 15) is 17.6 Å². The minimum absolute atomic E-state index is 0.0901. The number of morpholine rings is 2. The summed E-state index contributed by atoms with van der Waals surface area (Å²) in [7, 11) is -4.08. The Kier molecular flexibility index (Phi) is 7.95. The highest BCUT2D eigenvalue weighted by Crippen LogP contribution is 2.23. The number of sulfonamides is 1. The summed E-state index contributed by atoms with van der Waals surface area (Å²) in [6.07, 6.45) is 0. The van der Waals surface area contributed by atoms with Gasteiger partial charge in [0.15, 0.2) is 0 Å². The fraction of sp³-hybridized carbons (Fsp3) is 0.458. The maximum atomic E-state index is 14.6. The van der Waals surface area contributed by atoms with Crippen molar-refractivity contribution >= 4 is 15.9 Å². The van der Waals surface area contributed by atoms with Crippen molar-refractivity contribution in [2.45, 2.75) is 17.9 Å². The van der Waals surface area contributed by atoms with Crippen molar-refractivity contribution in [1.29, 1.82) is 0 Å². The molecule has 1 N–H and O–H groups in total. The van der Waals surface area contributed by atoms with Crippen molar-refractivity contribution in [2.24, 2.45) is 0 Å². The van der Waals surface area contributed by atoms with E-state index in [2.05, 4.69) is 10.2 Å². The van der Waals surface area contributed by atoms with Gasteiger partial charge in [-0.25, -0.2) is 12.8 Å². The standard InChI is InChI=1S/C24H30FN3O5S/c1-18-2-4-19(5-3-18)22(17-27-8-12-32-13-9-27)26-24(29)20-6-7-21(25)23(16-20)34(30,31)28-10-14-33-15-11-28/h2-7,16,22H,8-15,17H2,1H3,(H,26,29)/t22-/m1/s1. The molecule has 2 aliphatic heterocycles. The van der Waals surface area contributed by atoms with Gasteiger partial charge in [0, 0.05) is 38.3 Å². The molecule has 8 nitrogen and oxygen atoms in total. The van der Waals surface area contributed by atoms with Crippen molar-refractivity contribution in [3.63, 3.8) is 0 Å². The molecular weight excluding hydrogens is 461 g/mol. The minimum Gasteiger partial charge on any atom is -0.379 e. The zero-order valence-corrected chi connectivity index (χ0v) is 20.0. The molecule has 0 unspecified atom stereocenters. The van der Waals surface area contributed by atoms with E-state index in [1.165, 1.54) is 10.4 Å². The van der Waals surface area contributed by atoms with Crippen molar-refractivity contribution < 1.29 is 27.1 Å². The van der Waals surface area contributed by atoms with Gasteiger partial charge in [-0.1, -0.05) is 29.8 Å². The Morgan fingerprint density at radius 3 is 2.26 bits per heavy atom. The highest BCUT2D eigenvalue weighted by Gasteiger charge is 2.30. The summed E-state index contributed by atoms with van der Waals surface area (Å²) in [6.45, 7) is 6.16. The largest absolute Gasteiger partial charge is 0.379 e. The van der Waals surface area contributed by atoms with Crippen LogP contribution >= 0.6 is 0 Å². The smallest absolute Gasteiger partial charge is 0.251 e. The summed E-state index contributed by atoms with van der Waals surface area (Å²) in [5.41, 5.74) is 2.14. The highest BCUT2D eigenvalue weighted by atomic mass is 32.2. The lowest BCUT2D eigenvalue weighted by molar-refractivity contribution is 0.0332. The van der Waals surface area contributed by atoms with Gasteiger partial charge in [-0.2, -0.15) is 4.31 Å². The van der Waals surface area contributed by atoms with Crippen LogP contribution < -0.4 is 5.32 Å². The van der Waals surface area contributed by atoms with Gasteiger partial charge in [-0.15, -0.1) is 0 Å². The first-order valence-corrected chi connectivity index (χ1v) is 12.8. The summed E-state index contributed by atoms with van der Waals surface area (Å²) in [6, 6.07) is 11.1. The number of amides is 1. The monoisotopic (exact) mass is 491 g/mol. The number of rotatable bonds is 7. The van der Waals surface area contributed by atoms with E-state index in [1.54, 1.807) is 0 Å². The molecule has 10 heteroatoms. The molecule has 0 radical (unpaired) electrons. The Hall–Kier alpha value is -2.37. The molecule has 1 atom stereocenters. The number of aryl methyl sites for hydroxylation is 1. The van der Waals surface area contributed by atoms with Gasteiger partial charge in [0.05, 0.1) is 32.5 Å². The predicted octanol–water partition coefficient (Wildman–Crippen LogP) is 1.96. The number of carbonyl (C=O) groups is 1. The Bertz CT molecular complexity index is 1100. The first-order chi connectivity index (χ1) is 16.3. The summed E-state index contributed by atoms with van der Waals surface area (Å²) in [4.78, 5) is 14.9. The van der Waals surface area contributed by atoms with E-state index >= 15 is 0 Å². The third-order valence-electron chi connectivity index (χ3n) is 6.11. The summed E-state index contributed by atoms with van der Waals surface area (Å²) >= 11 is 0. The number of ether oxygens (including phenoxy) is 2. The van der Waals surface area contributed by atoms with E-state index in [4.69, 9.17) is 9.47 Å². The second-order valence-corrected chi connectivity index (χ2v) is 10.4. The number of nitrogens with one attached hydrogen (secondary N) is 1. The molecule has 2 fully saturated rings. The molecule has 0 saturated carbocycles. The number of halogens is 1. The fourth-order valence-corrected chi connectivity index (χ4v) is 5.58. The van der Waals surface area contributed by atoms with E-state index in [0.29, 0.717) is 19.8 Å². The molecule has 0 spiro atoms. The molecule has 2 aliphatic rings. The summed E-state index contributed by atoms with van der Waals surface area (Å²) in [5.74, 6) is -1.34. The summed E-state index contributed by atoms with van der Waals surface area (Å²) in [5, 5.41) is 3.02. The number of benzene rings is 2. The van der Waals surface area contributed by atoms with Gasteiger partial charge >= 0.3 is 0 Å². The minimum atomic E-state index is -4.08. The quantitative estimate of drug-likeness (QED) is 0.637. The number of nitrogens with zero attached hydrogens (tertiary/aromatic N) is 2. The zero-order valence-electron chi connectivity index (χ0n) is 19.2. The predicted molar refractivity (Wildman–Crippen MR) is 125 cm³/mol. The van der Waals surface area contributed by atoms with Crippen LogP contribution in [0.25, 0.3) is 0 Å². The molecule has 184 valence electrons. The Balaban J connectivity index is 1.57. The molecule has 0 bridgehead atoms. The van der Waals surface area contributed by atoms with Crippen LogP contribution in [0.15, 0.2) is 47.4 Å². The molecule has 2 heterocycles. The maximum Gasteiger partial charge on any atom is 0.251 e. The SMILES string of the molecule is Cc1ccc([C@@H](CN2CCOCC2)NC(=O)c2ccc(F)c(S(=O)(=O)N3CCOCC3)c2)cc1. The van der Waals surface area contributed by atoms with Crippen LogP contribution in [0, 0.1) is 12.7 Å². The van der Waals surface area contributed by atoms with Gasteiger partial charge < -0.3 is 14.8 Å². The molecule has 2 saturated heterocycles. The maximum absolute atomic E-state index is 14.6. The van der Waals surface area contributed by atoms with Crippen LogP contribution in [-0.4, -0.2) is 82.7 Å². The Morgan fingerprint density at radius 1 is 1.00 bits per heavy atom. The third-order valence-corrected chi connectivity index (χ3v) is 8.02. The second kappa shape index (κ2) is 10.9. The molecule has 1 amide bonds. The van der Waals surface area contributed by atoms with Crippen LogP contribution in [0.3, 0.4) is 0 Å².